The average molecular weight is 252 g/mol. The molecule has 2 bridgehead atoms. The van der Waals surface area contributed by atoms with Crippen molar-refractivity contribution in [1.82, 2.24) is 10.2 Å². The highest BCUT2D eigenvalue weighted by Crippen LogP contribution is 2.33. The van der Waals surface area contributed by atoms with Crippen LogP contribution in [0.2, 0.25) is 0 Å². The molecule has 0 aromatic rings. The van der Waals surface area contributed by atoms with E-state index in [1.54, 1.807) is 0 Å². The molecule has 0 spiro atoms. The Morgan fingerprint density at radius 2 is 1.89 bits per heavy atom. The lowest BCUT2D eigenvalue weighted by molar-refractivity contribution is 0.151. The molecule has 0 radical (unpaired) electrons. The zero-order chi connectivity index (χ0) is 12.4. The van der Waals surface area contributed by atoms with Gasteiger partial charge in [-0.1, -0.05) is 0 Å². The van der Waals surface area contributed by atoms with E-state index in [-0.39, 0.29) is 0 Å². The van der Waals surface area contributed by atoms with Gasteiger partial charge < -0.3 is 15.0 Å². The minimum atomic E-state index is 0.791. The maximum atomic E-state index is 5.27. The van der Waals surface area contributed by atoms with E-state index in [0.717, 1.165) is 30.5 Å². The molecular formula is C15H28N2O. The van der Waals surface area contributed by atoms with Gasteiger partial charge in [0.05, 0.1) is 6.61 Å². The Morgan fingerprint density at radius 3 is 2.61 bits per heavy atom. The van der Waals surface area contributed by atoms with Crippen LogP contribution in [0.4, 0.5) is 0 Å². The van der Waals surface area contributed by atoms with Crippen molar-refractivity contribution in [1.29, 1.82) is 0 Å². The quantitative estimate of drug-likeness (QED) is 0.808. The first-order chi connectivity index (χ1) is 8.83. The van der Waals surface area contributed by atoms with Crippen molar-refractivity contribution in [3.63, 3.8) is 0 Å². The van der Waals surface area contributed by atoms with Crippen LogP contribution in [0.15, 0.2) is 0 Å². The molecule has 0 amide bonds. The fraction of sp³-hybridized carbons (Fsp3) is 1.00. The minimum Gasteiger partial charge on any atom is -0.384 e. The Hall–Kier alpha value is -0.120. The zero-order valence-electron chi connectivity index (χ0n) is 11.7. The van der Waals surface area contributed by atoms with Gasteiger partial charge in [-0.3, -0.25) is 0 Å². The summed E-state index contributed by atoms with van der Waals surface area (Å²) in [4.78, 5) is 2.66. The second kappa shape index (κ2) is 5.89. The van der Waals surface area contributed by atoms with Crippen LogP contribution in [-0.2, 0) is 4.74 Å². The molecule has 1 N–H and O–H groups in total. The largest absolute Gasteiger partial charge is 0.384 e. The van der Waals surface area contributed by atoms with Crippen LogP contribution in [0.25, 0.3) is 0 Å². The van der Waals surface area contributed by atoms with Crippen LogP contribution in [0, 0.1) is 11.8 Å². The van der Waals surface area contributed by atoms with E-state index >= 15 is 0 Å². The summed E-state index contributed by atoms with van der Waals surface area (Å²) >= 11 is 0. The molecular weight excluding hydrogens is 224 g/mol. The number of hydrogen-bond donors (Lipinski definition) is 1. The predicted octanol–water partition coefficient (Wildman–Crippen LogP) is 1.88. The van der Waals surface area contributed by atoms with Crippen molar-refractivity contribution in [3.05, 3.63) is 0 Å². The molecule has 3 heterocycles. The molecule has 3 aliphatic rings. The summed E-state index contributed by atoms with van der Waals surface area (Å²) < 4.78 is 5.27. The first-order valence-corrected chi connectivity index (χ1v) is 7.81. The van der Waals surface area contributed by atoms with Gasteiger partial charge in [-0.05, 0) is 63.5 Å². The van der Waals surface area contributed by atoms with E-state index in [4.69, 9.17) is 4.74 Å². The molecule has 3 unspecified atom stereocenters. The first kappa shape index (κ1) is 12.9. The predicted molar refractivity (Wildman–Crippen MR) is 73.7 cm³/mol. The molecule has 0 aromatic heterocycles. The number of rotatable bonds is 5. The van der Waals surface area contributed by atoms with Gasteiger partial charge in [0.1, 0.15) is 0 Å². The number of ether oxygens (including phenoxy) is 1. The van der Waals surface area contributed by atoms with Gasteiger partial charge in [0.2, 0.25) is 0 Å². The van der Waals surface area contributed by atoms with Gasteiger partial charge in [-0.25, -0.2) is 0 Å². The lowest BCUT2D eigenvalue weighted by Gasteiger charge is -2.30. The Bertz CT molecular complexity index is 259. The number of hydrogen-bond acceptors (Lipinski definition) is 3. The third-order valence-electron chi connectivity index (χ3n) is 5.20. The van der Waals surface area contributed by atoms with E-state index in [9.17, 15) is 0 Å². The Kier molecular flexibility index (Phi) is 4.22. The summed E-state index contributed by atoms with van der Waals surface area (Å²) in [6, 6.07) is 1.71. The van der Waals surface area contributed by atoms with E-state index in [2.05, 4.69) is 10.2 Å². The van der Waals surface area contributed by atoms with Crippen molar-refractivity contribution >= 4 is 0 Å². The van der Waals surface area contributed by atoms with Crippen molar-refractivity contribution in [3.8, 4) is 0 Å². The monoisotopic (exact) mass is 252 g/mol. The molecule has 0 aromatic carbocycles. The highest BCUT2D eigenvalue weighted by molar-refractivity contribution is 4.92. The third-order valence-corrected chi connectivity index (χ3v) is 5.20. The lowest BCUT2D eigenvalue weighted by atomic mass is 9.89. The average Bonchev–Trinajstić information content (AvgIpc) is 2.95. The number of fused-ring (bicyclic) bond motifs is 2. The molecule has 104 valence electrons. The molecule has 3 fully saturated rings. The fourth-order valence-electron chi connectivity index (χ4n) is 4.26. The molecule has 0 saturated carbocycles. The van der Waals surface area contributed by atoms with Crippen LogP contribution >= 0.6 is 0 Å². The van der Waals surface area contributed by atoms with Gasteiger partial charge in [0, 0.05) is 25.7 Å². The van der Waals surface area contributed by atoms with E-state index in [1.165, 1.54) is 58.2 Å². The number of nitrogens with one attached hydrogen (secondary N) is 1. The Balaban J connectivity index is 1.37. The molecule has 3 rings (SSSR count). The van der Waals surface area contributed by atoms with Crippen LogP contribution in [0.3, 0.4) is 0 Å². The third kappa shape index (κ3) is 3.06. The second-order valence-electron chi connectivity index (χ2n) is 6.67. The Labute approximate surface area is 111 Å². The summed E-state index contributed by atoms with van der Waals surface area (Å²) in [7, 11) is 1.83. The number of nitrogens with zero attached hydrogens (tertiary/aromatic N) is 1. The minimum absolute atomic E-state index is 0.791. The van der Waals surface area contributed by atoms with Crippen LogP contribution < -0.4 is 5.32 Å². The molecule has 3 atom stereocenters. The van der Waals surface area contributed by atoms with Crippen LogP contribution in [0.1, 0.15) is 38.5 Å². The van der Waals surface area contributed by atoms with Gasteiger partial charge in [-0.15, -0.1) is 0 Å². The molecule has 3 saturated heterocycles. The molecule has 3 aliphatic heterocycles. The highest BCUT2D eigenvalue weighted by Gasteiger charge is 2.33. The van der Waals surface area contributed by atoms with E-state index < -0.39 is 0 Å². The smallest absolute Gasteiger partial charge is 0.0503 e. The number of methoxy groups -OCH3 is 1. The Morgan fingerprint density at radius 1 is 1.11 bits per heavy atom. The van der Waals surface area contributed by atoms with Crippen LogP contribution in [0.5, 0.6) is 0 Å². The summed E-state index contributed by atoms with van der Waals surface area (Å²) in [5.74, 6) is 1.78. The van der Waals surface area contributed by atoms with E-state index in [1.807, 2.05) is 7.11 Å². The maximum absolute atomic E-state index is 5.27. The number of likely N-dealkylation sites (tertiary alicyclic amines) is 1. The first-order valence-electron chi connectivity index (χ1n) is 7.81. The van der Waals surface area contributed by atoms with E-state index in [0.29, 0.717) is 0 Å². The summed E-state index contributed by atoms with van der Waals surface area (Å²) in [6.07, 6.45) is 8.50. The molecule has 3 nitrogen and oxygen atoms in total. The van der Waals surface area contributed by atoms with Gasteiger partial charge >= 0.3 is 0 Å². The summed E-state index contributed by atoms with van der Waals surface area (Å²) in [5.41, 5.74) is 0. The van der Waals surface area contributed by atoms with Crippen LogP contribution in [-0.4, -0.2) is 50.3 Å². The van der Waals surface area contributed by atoms with Gasteiger partial charge in [-0.2, -0.15) is 0 Å². The molecule has 18 heavy (non-hydrogen) atoms. The zero-order valence-corrected chi connectivity index (χ0v) is 11.7. The van der Waals surface area contributed by atoms with Gasteiger partial charge in [0.15, 0.2) is 0 Å². The lowest BCUT2D eigenvalue weighted by Crippen LogP contribution is -2.39. The number of piperidine rings is 1. The SMILES string of the molecule is COCC1CCN(CCC2CC3CCC(C2)N3)C1. The standard InChI is InChI=1S/C15H28N2O/c1-18-11-13-5-7-17(10-13)6-4-12-8-14-2-3-15(9-12)16-14/h12-16H,2-11H2,1H3. The summed E-state index contributed by atoms with van der Waals surface area (Å²) in [5, 5.41) is 3.74. The van der Waals surface area contributed by atoms with Crippen molar-refractivity contribution in [2.24, 2.45) is 11.8 Å². The fourth-order valence-corrected chi connectivity index (χ4v) is 4.26. The second-order valence-corrected chi connectivity index (χ2v) is 6.67. The van der Waals surface area contributed by atoms with Crippen molar-refractivity contribution in [2.45, 2.75) is 50.6 Å². The maximum Gasteiger partial charge on any atom is 0.0503 e. The topological polar surface area (TPSA) is 24.5 Å². The normalized spacial score (nSPS) is 40.5. The molecule has 3 heteroatoms. The highest BCUT2D eigenvalue weighted by atomic mass is 16.5. The molecule has 0 aliphatic carbocycles. The van der Waals surface area contributed by atoms with Crippen molar-refractivity contribution in [2.75, 3.05) is 33.4 Å². The van der Waals surface area contributed by atoms with Gasteiger partial charge in [0.25, 0.3) is 0 Å². The summed E-state index contributed by atoms with van der Waals surface area (Å²) in [6.45, 7) is 4.84. The van der Waals surface area contributed by atoms with Crippen molar-refractivity contribution < 1.29 is 4.74 Å².